The first-order valence-electron chi connectivity index (χ1n) is 40.7. The Labute approximate surface area is 769 Å². The third-order valence-electron chi connectivity index (χ3n) is 18.4. The number of rotatable bonds is 21. The number of nitrogens with two attached hydrogens (primary N) is 1. The zero-order valence-corrected chi connectivity index (χ0v) is 77.2. The number of nitrogens with one attached hydrogen (secondary N) is 7. The topological polar surface area (TPSA) is 556 Å². The Morgan fingerprint density at radius 2 is 0.902 bits per heavy atom. The highest BCUT2D eigenvalue weighted by Gasteiger charge is 2.31. The van der Waals surface area contributed by atoms with Crippen LogP contribution in [0.15, 0.2) is 98.1 Å². The van der Waals surface area contributed by atoms with Crippen LogP contribution >= 0.6 is 23.2 Å². The number of pyridine rings is 4. The molecule has 0 aliphatic carbocycles. The lowest BCUT2D eigenvalue weighted by Gasteiger charge is -2.25. The Bertz CT molecular complexity index is 6270. The van der Waals surface area contributed by atoms with Crippen molar-refractivity contribution in [3.63, 3.8) is 0 Å². The molecule has 12 aromatic rings. The first-order chi connectivity index (χ1) is 63.3. The van der Waals surface area contributed by atoms with Crippen LogP contribution in [-0.4, -0.2) is 251 Å². The lowest BCUT2D eigenvalue weighted by atomic mass is 10.2. The number of anilines is 9. The van der Waals surface area contributed by atoms with E-state index in [0.29, 0.717) is 120 Å². The first-order valence-corrected chi connectivity index (χ1v) is 41.5. The summed E-state index contributed by atoms with van der Waals surface area (Å²) in [5, 5.41) is 48.7. The summed E-state index contributed by atoms with van der Waals surface area (Å²) in [5.41, 5.74) is 10.0. The second kappa shape index (κ2) is 43.6. The Kier molecular flexibility index (Phi) is 32.3. The van der Waals surface area contributed by atoms with Crippen molar-refractivity contribution in [2.24, 2.45) is 0 Å². The van der Waals surface area contributed by atoms with Crippen LogP contribution < -0.4 is 76.6 Å². The van der Waals surface area contributed by atoms with Gasteiger partial charge >= 0.3 is 24.0 Å². The maximum absolute atomic E-state index is 12.8. The van der Waals surface area contributed by atoms with E-state index in [0.717, 1.165) is 16.7 Å². The fraction of sp³-hybridized carbons (Fsp3) is 0.386. The average Bonchev–Trinajstić information content (AvgIpc) is 1.65. The predicted octanol–water partition coefficient (Wildman–Crippen LogP) is 9.38. The zero-order chi connectivity index (χ0) is 96.3. The number of carbonyl (C=O) groups is 7. The van der Waals surface area contributed by atoms with E-state index >= 15 is 0 Å². The number of nitro groups is 1. The number of hydrogen-bond acceptors (Lipinski definition) is 36. The largest absolute Gasteiger partial charge is 0.480 e. The number of fused-ring (bicyclic) bond motifs is 8. The van der Waals surface area contributed by atoms with Crippen molar-refractivity contribution >= 4 is 145 Å². The molecule has 8 bridgehead atoms. The highest BCUT2D eigenvalue weighted by atomic mass is 35.5. The zero-order valence-electron chi connectivity index (χ0n) is 75.7. The van der Waals surface area contributed by atoms with Crippen molar-refractivity contribution in [3.8, 4) is 23.5 Å². The van der Waals surface area contributed by atoms with Crippen LogP contribution in [0.3, 0.4) is 0 Å². The molecule has 706 valence electrons. The quantitative estimate of drug-likeness (QED) is 0.0109. The van der Waals surface area contributed by atoms with Crippen molar-refractivity contribution < 1.29 is 90.6 Å². The second-order valence-electron chi connectivity index (χ2n) is 31.8. The van der Waals surface area contributed by atoms with Crippen LogP contribution in [0.1, 0.15) is 126 Å². The van der Waals surface area contributed by atoms with Gasteiger partial charge in [-0.25, -0.2) is 54.3 Å². The van der Waals surface area contributed by atoms with E-state index in [4.69, 9.17) is 81.0 Å². The highest BCUT2D eigenvalue weighted by molar-refractivity contribution is 6.30. The Balaban J connectivity index is 0.000000172. The van der Waals surface area contributed by atoms with Crippen LogP contribution in [0.25, 0.3) is 22.6 Å². The van der Waals surface area contributed by atoms with Gasteiger partial charge in [-0.2, -0.15) is 38.5 Å². The van der Waals surface area contributed by atoms with E-state index in [-0.39, 0.29) is 113 Å². The fourth-order valence-corrected chi connectivity index (χ4v) is 12.7. The molecule has 0 radical (unpaired) electrons. The molecule has 14 heterocycles. The van der Waals surface area contributed by atoms with E-state index in [2.05, 4.69) is 97.5 Å². The predicted molar refractivity (Wildman–Crippen MR) is 484 cm³/mol. The van der Waals surface area contributed by atoms with Crippen molar-refractivity contribution in [2.45, 2.75) is 106 Å². The molecular weight excluding hydrogens is 1780 g/mol. The number of carbonyl (C=O) groups excluding carboxylic acids is 7. The standard InChI is InChI=1S/C22H26ClN7O7.C22H28ClN7O5.C22H27N7O5.C17H19N7O3/c1-22(2,3)37-21(32)28(4)17-9-16(23)27-18-14(11-26-29(17)18)19(31)24-6-7-36-12-13-8-15(30(33)34)20(35-5)25-10-13;1-22(2,3)35-21(32)29(4)17-9-16(23)28-18-14(11-27-30(17)18)19(31)25-6-7-34-12-13-8-15(24)20(33-5)26-10-13;1-22(2,3)34-21(31)28(4)17-9-16-26-15-8-13(10-24-20(15)32-5)12-33-7-6-23-19(30)14-11-25-29(17)18(14)27-16;1-18-14-6-13-22-12-5-10(7-20-17(12)26-2)9-27-4-3-19-16(25)11-8-21-24(14)15(11)23-13/h8-11H,6-7,12H2,1-5H3,(H,24,31);8-11H,6-7,12,24H2,1-5H3,(H,25,31);8-11H,6-7,12H2,1-5H3,(H,23,30)(H,26,27);5-8,18H,3-4,9H2,1-2H3,(H,19,25)(H,22,23). The third-order valence-corrected chi connectivity index (χ3v) is 18.8. The number of hydrogen-bond donors (Lipinski definition) is 8. The van der Waals surface area contributed by atoms with Gasteiger partial charge in [0.2, 0.25) is 17.6 Å². The van der Waals surface area contributed by atoms with Gasteiger partial charge in [0.05, 0.1) is 117 Å². The average molecular weight is 1880 g/mol. The molecule has 0 atom stereocenters. The Morgan fingerprint density at radius 3 is 1.32 bits per heavy atom. The molecule has 12 aromatic heterocycles. The van der Waals surface area contributed by atoms with Gasteiger partial charge in [0.15, 0.2) is 22.6 Å². The molecule has 14 rings (SSSR count). The van der Waals surface area contributed by atoms with Gasteiger partial charge in [-0.3, -0.25) is 44.0 Å². The summed E-state index contributed by atoms with van der Waals surface area (Å²) >= 11 is 12.3. The van der Waals surface area contributed by atoms with E-state index in [1.165, 1.54) is 113 Å². The summed E-state index contributed by atoms with van der Waals surface area (Å²) < 4.78 is 64.9. The highest BCUT2D eigenvalue weighted by Crippen LogP contribution is 2.34. The summed E-state index contributed by atoms with van der Waals surface area (Å²) in [6.07, 6.45) is 10.1. The molecule has 9 N–H and O–H groups in total. The number of nitrogens with zero attached hydrogens (tertiary/aromatic N) is 20. The number of methoxy groups -OCH3 is 4. The maximum Gasteiger partial charge on any atom is 0.415 e. The molecule has 0 fully saturated rings. The lowest BCUT2D eigenvalue weighted by Crippen LogP contribution is -2.35. The van der Waals surface area contributed by atoms with E-state index in [1.54, 1.807) is 125 Å². The lowest BCUT2D eigenvalue weighted by molar-refractivity contribution is -0.386. The van der Waals surface area contributed by atoms with E-state index in [9.17, 15) is 43.7 Å². The first kappa shape index (κ1) is 98.6. The van der Waals surface area contributed by atoms with Gasteiger partial charge in [-0.1, -0.05) is 23.2 Å². The molecule has 48 nitrogen and oxygen atoms in total. The number of aromatic nitrogens is 16. The number of amides is 7. The molecule has 133 heavy (non-hydrogen) atoms. The Hall–Kier alpha value is -15.0. The summed E-state index contributed by atoms with van der Waals surface area (Å²) in [7, 11) is 12.2. The number of halogens is 2. The van der Waals surface area contributed by atoms with Crippen LogP contribution in [-0.2, 0) is 59.6 Å². The van der Waals surface area contributed by atoms with Gasteiger partial charge in [0, 0.05) is 115 Å². The molecule has 0 spiro atoms. The third kappa shape index (κ3) is 25.6. The van der Waals surface area contributed by atoms with E-state index < -0.39 is 51.8 Å². The van der Waals surface area contributed by atoms with Crippen LogP contribution in [0.4, 0.5) is 72.0 Å². The molecule has 0 aromatic carbocycles. The minimum atomic E-state index is -0.711. The summed E-state index contributed by atoms with van der Waals surface area (Å²) in [6.45, 7) is 18.9. The molecular formula is C83H100Cl2N28O20. The van der Waals surface area contributed by atoms with Gasteiger partial charge in [0.25, 0.3) is 29.5 Å². The van der Waals surface area contributed by atoms with Gasteiger partial charge < -0.3 is 95.1 Å². The smallest absolute Gasteiger partial charge is 0.415 e. The fourth-order valence-electron chi connectivity index (χ4n) is 12.3. The maximum atomic E-state index is 12.8. The molecule has 0 saturated carbocycles. The van der Waals surface area contributed by atoms with Gasteiger partial charge in [-0.15, -0.1) is 0 Å². The summed E-state index contributed by atoms with van der Waals surface area (Å²) in [6, 6.07) is 13.1. The van der Waals surface area contributed by atoms with Crippen molar-refractivity contribution in [1.82, 2.24) is 99.6 Å². The SMILES string of the molecule is CNc1cc2nc3c(cnn13)C(=O)NCCOCc1cnc(OC)c(c1)N2.COc1ncc(COCCNC(=O)c2cnn3c(N(C)C(=O)OC(C)(C)C)cc(Cl)nc23)cc1N.COc1ncc(COCCNC(=O)c2cnn3c(N(C)C(=O)OC(C)(C)C)cc(Cl)nc23)cc1[N+](=O)[O-].COc1ncc2cc1Nc1cc(N(C)C(=O)OC(C)(C)C)n3ncc(c3n1)C(=O)NCCOC2. The molecule has 2 aliphatic heterocycles. The minimum Gasteiger partial charge on any atom is -0.480 e. The van der Waals surface area contributed by atoms with Crippen molar-refractivity contribution in [1.29, 1.82) is 0 Å². The van der Waals surface area contributed by atoms with E-state index in [1.807, 2.05) is 12.1 Å². The molecule has 0 unspecified atom stereocenters. The molecule has 0 saturated heterocycles. The minimum absolute atomic E-state index is 0.0436. The normalized spacial score (nSPS) is 12.7. The monoisotopic (exact) mass is 1880 g/mol. The van der Waals surface area contributed by atoms with Crippen molar-refractivity contribution in [3.05, 3.63) is 163 Å². The van der Waals surface area contributed by atoms with Crippen LogP contribution in [0, 0.1) is 10.1 Å². The second-order valence-corrected chi connectivity index (χ2v) is 32.6. The van der Waals surface area contributed by atoms with Crippen molar-refractivity contribution in [2.75, 3.05) is 146 Å². The van der Waals surface area contributed by atoms with Gasteiger partial charge in [0.1, 0.15) is 95.6 Å². The van der Waals surface area contributed by atoms with Crippen LogP contribution in [0.5, 0.6) is 23.5 Å². The molecule has 2 aliphatic rings. The Morgan fingerprint density at radius 1 is 0.511 bits per heavy atom. The molecule has 7 amide bonds. The summed E-state index contributed by atoms with van der Waals surface area (Å²) in [5.74, 6) is 1.99. The van der Waals surface area contributed by atoms with Crippen LogP contribution in [0.2, 0.25) is 10.3 Å². The number of nitrogen functional groups attached to an aromatic ring is 1. The number of ether oxygens (including phenoxy) is 11. The van der Waals surface area contributed by atoms with Gasteiger partial charge in [-0.05, 0) is 97.2 Å². The summed E-state index contributed by atoms with van der Waals surface area (Å²) in [4.78, 5) is 137. The molecule has 50 heteroatoms.